The largest absolute Gasteiger partial charge is 0.389 e. The zero-order chi connectivity index (χ0) is 14.0. The van der Waals surface area contributed by atoms with Crippen LogP contribution in [-0.4, -0.2) is 30.5 Å². The van der Waals surface area contributed by atoms with Crippen LogP contribution in [0, 0.1) is 0 Å². The van der Waals surface area contributed by atoms with Crippen molar-refractivity contribution in [2.24, 2.45) is 5.73 Å². The fourth-order valence-electron chi connectivity index (χ4n) is 1.88. The molecular weight excluding hydrogens is 282 g/mol. The van der Waals surface area contributed by atoms with Crippen LogP contribution in [-0.2, 0) is 4.79 Å². The number of rotatable bonds is 5. The molecule has 1 aromatic rings. The van der Waals surface area contributed by atoms with Crippen LogP contribution in [0.3, 0.4) is 0 Å². The minimum absolute atomic E-state index is 0.00105. The van der Waals surface area contributed by atoms with Gasteiger partial charge in [-0.1, -0.05) is 29.9 Å². The van der Waals surface area contributed by atoms with Gasteiger partial charge in [0, 0.05) is 18.8 Å². The molecule has 1 aromatic carbocycles. The van der Waals surface area contributed by atoms with Crippen molar-refractivity contribution >= 4 is 40.4 Å². The second-order valence-electron chi connectivity index (χ2n) is 4.70. The van der Waals surface area contributed by atoms with E-state index < -0.39 is 0 Å². The Kier molecular flexibility index (Phi) is 4.27. The predicted molar refractivity (Wildman–Crippen MR) is 81.8 cm³/mol. The molecule has 1 aliphatic carbocycles. The Morgan fingerprint density at radius 2 is 2.26 bits per heavy atom. The van der Waals surface area contributed by atoms with Crippen LogP contribution >= 0.6 is 23.8 Å². The van der Waals surface area contributed by atoms with Gasteiger partial charge in [-0.3, -0.25) is 4.79 Å². The maximum atomic E-state index is 11.8. The molecular formula is C13H16ClN3OS. The average Bonchev–Trinajstić information content (AvgIpc) is 3.11. The van der Waals surface area contributed by atoms with Crippen molar-refractivity contribution in [3.8, 4) is 0 Å². The molecule has 102 valence electrons. The third-order valence-electron chi connectivity index (χ3n) is 2.97. The molecule has 6 heteroatoms. The zero-order valence-corrected chi connectivity index (χ0v) is 12.2. The fourth-order valence-corrected chi connectivity index (χ4v) is 2.42. The molecule has 0 radical (unpaired) electrons. The van der Waals surface area contributed by atoms with Crippen molar-refractivity contribution in [3.05, 3.63) is 28.8 Å². The van der Waals surface area contributed by atoms with Crippen molar-refractivity contribution in [2.45, 2.75) is 18.9 Å². The number of likely N-dealkylation sites (N-methyl/N-ethyl adjacent to an activating group) is 1. The number of carbonyl (C=O) groups is 1. The van der Waals surface area contributed by atoms with E-state index in [4.69, 9.17) is 29.6 Å². The van der Waals surface area contributed by atoms with Gasteiger partial charge < -0.3 is 16.0 Å². The number of anilines is 1. The maximum Gasteiger partial charge on any atom is 0.239 e. The number of nitrogens with one attached hydrogen (secondary N) is 1. The van der Waals surface area contributed by atoms with Crippen LogP contribution in [0.5, 0.6) is 0 Å². The third-order valence-corrected chi connectivity index (χ3v) is 3.49. The Bertz CT molecular complexity index is 517. The van der Waals surface area contributed by atoms with E-state index in [1.165, 1.54) is 0 Å². The molecule has 0 atom stereocenters. The first kappa shape index (κ1) is 14.1. The van der Waals surface area contributed by atoms with Crippen LogP contribution in [0.15, 0.2) is 18.2 Å². The van der Waals surface area contributed by atoms with Gasteiger partial charge in [-0.15, -0.1) is 0 Å². The number of amides is 1. The molecule has 0 spiro atoms. The summed E-state index contributed by atoms with van der Waals surface area (Å²) in [5.41, 5.74) is 7.08. The van der Waals surface area contributed by atoms with Gasteiger partial charge in [0.15, 0.2) is 0 Å². The molecule has 0 saturated heterocycles. The van der Waals surface area contributed by atoms with Crippen molar-refractivity contribution < 1.29 is 4.79 Å². The number of carbonyl (C=O) groups excluding carboxylic acids is 1. The van der Waals surface area contributed by atoms with Gasteiger partial charge in [0.25, 0.3) is 0 Å². The van der Waals surface area contributed by atoms with Crippen LogP contribution in [0.25, 0.3) is 0 Å². The highest BCUT2D eigenvalue weighted by Crippen LogP contribution is 2.26. The van der Waals surface area contributed by atoms with Gasteiger partial charge >= 0.3 is 0 Å². The van der Waals surface area contributed by atoms with Gasteiger partial charge in [-0.2, -0.15) is 0 Å². The van der Waals surface area contributed by atoms with Crippen LogP contribution in [0.2, 0.25) is 5.02 Å². The summed E-state index contributed by atoms with van der Waals surface area (Å²) < 4.78 is 0. The molecule has 19 heavy (non-hydrogen) atoms. The van der Waals surface area contributed by atoms with E-state index in [0.717, 1.165) is 18.5 Å². The molecule has 4 nitrogen and oxygen atoms in total. The summed E-state index contributed by atoms with van der Waals surface area (Å²) in [6.07, 6.45) is 2.15. The van der Waals surface area contributed by atoms with Gasteiger partial charge in [-0.05, 0) is 25.0 Å². The second-order valence-corrected chi connectivity index (χ2v) is 5.54. The summed E-state index contributed by atoms with van der Waals surface area (Å²) in [6.45, 7) is 0.256. The van der Waals surface area contributed by atoms with Crippen molar-refractivity contribution in [1.29, 1.82) is 0 Å². The van der Waals surface area contributed by atoms with E-state index in [9.17, 15) is 4.79 Å². The van der Waals surface area contributed by atoms with Gasteiger partial charge in [0.05, 0.1) is 17.1 Å². The maximum absolute atomic E-state index is 11.8. The number of benzene rings is 1. The number of halogens is 1. The molecule has 1 aliphatic rings. The van der Waals surface area contributed by atoms with E-state index in [1.807, 2.05) is 19.2 Å². The molecule has 0 bridgehead atoms. The standard InChI is InChI=1S/C13H16ClN3OS/c1-17(7-11(18)16-8-5-6-8)10-4-2-3-9(14)12(10)13(15)19/h2-4,8H,5-7H2,1H3,(H2,15,19)(H,16,18). The quantitative estimate of drug-likeness (QED) is 0.812. The summed E-state index contributed by atoms with van der Waals surface area (Å²) in [6, 6.07) is 5.76. The lowest BCUT2D eigenvalue weighted by molar-refractivity contribution is -0.119. The van der Waals surface area contributed by atoms with Crippen molar-refractivity contribution in [2.75, 3.05) is 18.5 Å². The lowest BCUT2D eigenvalue weighted by Gasteiger charge is -2.22. The van der Waals surface area contributed by atoms with Gasteiger partial charge in [-0.25, -0.2) is 0 Å². The zero-order valence-electron chi connectivity index (χ0n) is 10.6. The highest BCUT2D eigenvalue weighted by molar-refractivity contribution is 7.80. The first-order valence-corrected chi connectivity index (χ1v) is 6.86. The number of nitrogens with zero attached hydrogens (tertiary/aromatic N) is 1. The lowest BCUT2D eigenvalue weighted by Crippen LogP contribution is -2.37. The summed E-state index contributed by atoms with van der Waals surface area (Å²) in [5.74, 6) is -0.00105. The summed E-state index contributed by atoms with van der Waals surface area (Å²) in [7, 11) is 1.82. The molecule has 0 heterocycles. The summed E-state index contributed by atoms with van der Waals surface area (Å²) in [5, 5.41) is 3.44. The minimum atomic E-state index is -0.00105. The average molecular weight is 298 g/mol. The number of nitrogens with two attached hydrogens (primary N) is 1. The molecule has 0 unspecified atom stereocenters. The van der Waals surface area contributed by atoms with Gasteiger partial charge in [0.1, 0.15) is 4.99 Å². The highest BCUT2D eigenvalue weighted by Gasteiger charge is 2.24. The summed E-state index contributed by atoms with van der Waals surface area (Å²) in [4.78, 5) is 13.8. The van der Waals surface area contributed by atoms with E-state index in [-0.39, 0.29) is 17.4 Å². The number of hydrogen-bond donors (Lipinski definition) is 2. The van der Waals surface area contributed by atoms with E-state index in [2.05, 4.69) is 5.32 Å². The first-order chi connectivity index (χ1) is 8.99. The Morgan fingerprint density at radius 3 is 2.84 bits per heavy atom. The number of hydrogen-bond acceptors (Lipinski definition) is 3. The van der Waals surface area contributed by atoms with Crippen LogP contribution in [0.4, 0.5) is 5.69 Å². The smallest absolute Gasteiger partial charge is 0.239 e. The van der Waals surface area contributed by atoms with Crippen molar-refractivity contribution in [1.82, 2.24) is 5.32 Å². The topological polar surface area (TPSA) is 58.4 Å². The predicted octanol–water partition coefficient (Wildman–Crippen LogP) is 1.69. The summed E-state index contributed by atoms with van der Waals surface area (Å²) >= 11 is 11.1. The molecule has 1 saturated carbocycles. The SMILES string of the molecule is CN(CC(=O)NC1CC1)c1cccc(Cl)c1C(N)=S. The Hall–Kier alpha value is -1.33. The van der Waals surface area contributed by atoms with E-state index >= 15 is 0 Å². The van der Waals surface area contributed by atoms with E-state index in [1.54, 1.807) is 11.0 Å². The van der Waals surface area contributed by atoms with Crippen LogP contribution in [0.1, 0.15) is 18.4 Å². The Balaban J connectivity index is 2.13. The lowest BCUT2D eigenvalue weighted by atomic mass is 10.1. The molecule has 2 rings (SSSR count). The molecule has 3 N–H and O–H groups in total. The Morgan fingerprint density at radius 1 is 1.58 bits per heavy atom. The minimum Gasteiger partial charge on any atom is -0.389 e. The molecule has 1 amide bonds. The normalized spacial score (nSPS) is 14.0. The third kappa shape index (κ3) is 3.58. The molecule has 0 aromatic heterocycles. The fraction of sp³-hybridized carbons (Fsp3) is 0.385. The molecule has 0 aliphatic heterocycles. The Labute approximate surface area is 122 Å². The van der Waals surface area contributed by atoms with Gasteiger partial charge in [0.2, 0.25) is 5.91 Å². The monoisotopic (exact) mass is 297 g/mol. The van der Waals surface area contributed by atoms with Crippen LogP contribution < -0.4 is 16.0 Å². The highest BCUT2D eigenvalue weighted by atomic mass is 35.5. The van der Waals surface area contributed by atoms with E-state index in [0.29, 0.717) is 16.6 Å². The second kappa shape index (κ2) is 5.75. The molecule has 1 fully saturated rings. The first-order valence-electron chi connectivity index (χ1n) is 6.08. The van der Waals surface area contributed by atoms with Crippen molar-refractivity contribution in [3.63, 3.8) is 0 Å². The number of thiocarbonyl (C=S) groups is 1.